The van der Waals surface area contributed by atoms with Gasteiger partial charge < -0.3 is 9.88 Å². The number of hydrogen-bond donors (Lipinski definition) is 1. The number of nitrogens with one attached hydrogen (secondary N) is 1. The van der Waals surface area contributed by atoms with Crippen molar-refractivity contribution in [3.8, 4) is 0 Å². The molecule has 2 aromatic heterocycles. The minimum absolute atomic E-state index is 0.752. The van der Waals surface area contributed by atoms with Gasteiger partial charge in [-0.1, -0.05) is 0 Å². The third-order valence-corrected chi connectivity index (χ3v) is 2.43. The van der Waals surface area contributed by atoms with Crippen LogP contribution in [0.25, 0.3) is 0 Å². The number of pyridine rings is 1. The molecule has 84 valence electrons. The van der Waals surface area contributed by atoms with Gasteiger partial charge in [-0.25, -0.2) is 0 Å². The average Bonchev–Trinajstić information content (AvgIpc) is 2.72. The van der Waals surface area contributed by atoms with E-state index in [2.05, 4.69) is 20.5 Å². The van der Waals surface area contributed by atoms with Crippen molar-refractivity contribution in [1.29, 1.82) is 0 Å². The van der Waals surface area contributed by atoms with E-state index in [1.54, 1.807) is 6.33 Å². The molecule has 0 radical (unpaired) electrons. The molecule has 1 N–H and O–H groups in total. The van der Waals surface area contributed by atoms with Crippen LogP contribution in [0.4, 0.5) is 0 Å². The molecule has 16 heavy (non-hydrogen) atoms. The second-order valence-corrected chi connectivity index (χ2v) is 3.64. The summed E-state index contributed by atoms with van der Waals surface area (Å²) in [5.74, 6) is 0.953. The number of aryl methyl sites for hydroxylation is 1. The standard InChI is InChI=1S/C11H15N5/c1-16-9-14-15-11(16)8-13-7-4-10-2-5-12-6-3-10/h2-3,5-6,9,13H,4,7-8H2,1H3. The van der Waals surface area contributed by atoms with Crippen LogP contribution >= 0.6 is 0 Å². The predicted molar refractivity (Wildman–Crippen MR) is 60.7 cm³/mol. The van der Waals surface area contributed by atoms with E-state index >= 15 is 0 Å². The number of nitrogens with zero attached hydrogens (tertiary/aromatic N) is 4. The van der Waals surface area contributed by atoms with Gasteiger partial charge in [0.15, 0.2) is 0 Å². The maximum absolute atomic E-state index is 4.00. The van der Waals surface area contributed by atoms with E-state index in [1.165, 1.54) is 5.56 Å². The second kappa shape index (κ2) is 5.37. The highest BCUT2D eigenvalue weighted by Crippen LogP contribution is 1.96. The lowest BCUT2D eigenvalue weighted by Crippen LogP contribution is -2.19. The van der Waals surface area contributed by atoms with Crippen LogP contribution in [0.5, 0.6) is 0 Å². The van der Waals surface area contributed by atoms with Crippen LogP contribution in [0.15, 0.2) is 30.9 Å². The minimum Gasteiger partial charge on any atom is -0.320 e. The molecule has 0 fully saturated rings. The summed E-state index contributed by atoms with van der Waals surface area (Å²) in [4.78, 5) is 3.98. The Morgan fingerprint density at radius 3 is 2.81 bits per heavy atom. The third kappa shape index (κ3) is 2.87. The second-order valence-electron chi connectivity index (χ2n) is 3.64. The molecular weight excluding hydrogens is 202 g/mol. The van der Waals surface area contributed by atoms with E-state index in [4.69, 9.17) is 0 Å². The Balaban J connectivity index is 1.72. The normalized spacial score (nSPS) is 10.6. The smallest absolute Gasteiger partial charge is 0.146 e. The molecule has 0 amide bonds. The predicted octanol–water partition coefficient (Wildman–Crippen LogP) is 0.542. The highest BCUT2D eigenvalue weighted by Gasteiger charge is 1.98. The Morgan fingerprint density at radius 2 is 2.12 bits per heavy atom. The van der Waals surface area contributed by atoms with Gasteiger partial charge in [0.2, 0.25) is 0 Å². The summed E-state index contributed by atoms with van der Waals surface area (Å²) in [5.41, 5.74) is 1.29. The quantitative estimate of drug-likeness (QED) is 0.743. The highest BCUT2D eigenvalue weighted by molar-refractivity contribution is 5.09. The van der Waals surface area contributed by atoms with Crippen LogP contribution in [0.3, 0.4) is 0 Å². The van der Waals surface area contributed by atoms with Crippen molar-refractivity contribution in [2.75, 3.05) is 6.54 Å². The molecule has 0 unspecified atom stereocenters. The maximum atomic E-state index is 4.00. The zero-order valence-electron chi connectivity index (χ0n) is 9.30. The summed E-state index contributed by atoms with van der Waals surface area (Å²) in [6.07, 6.45) is 6.34. The topological polar surface area (TPSA) is 55.6 Å². The number of hydrogen-bond acceptors (Lipinski definition) is 4. The van der Waals surface area contributed by atoms with Crippen molar-refractivity contribution < 1.29 is 0 Å². The van der Waals surface area contributed by atoms with Crippen LogP contribution < -0.4 is 5.32 Å². The first-order chi connectivity index (χ1) is 7.86. The molecule has 0 aromatic carbocycles. The fourth-order valence-corrected chi connectivity index (χ4v) is 1.45. The molecule has 0 aliphatic carbocycles. The Morgan fingerprint density at radius 1 is 1.31 bits per heavy atom. The van der Waals surface area contributed by atoms with Crippen LogP contribution in [0, 0.1) is 0 Å². The van der Waals surface area contributed by atoms with Gasteiger partial charge in [-0.15, -0.1) is 10.2 Å². The van der Waals surface area contributed by atoms with Gasteiger partial charge in [0.25, 0.3) is 0 Å². The monoisotopic (exact) mass is 217 g/mol. The van der Waals surface area contributed by atoms with Crippen LogP contribution in [-0.4, -0.2) is 26.3 Å². The zero-order chi connectivity index (χ0) is 11.2. The SMILES string of the molecule is Cn1cnnc1CNCCc1ccncc1. The van der Waals surface area contributed by atoms with Crippen LogP contribution in [-0.2, 0) is 20.0 Å². The van der Waals surface area contributed by atoms with E-state index in [1.807, 2.05) is 36.1 Å². The minimum atomic E-state index is 0.752. The lowest BCUT2D eigenvalue weighted by Gasteiger charge is -2.04. The van der Waals surface area contributed by atoms with E-state index in [9.17, 15) is 0 Å². The van der Waals surface area contributed by atoms with Crippen molar-refractivity contribution >= 4 is 0 Å². The summed E-state index contributed by atoms with van der Waals surface area (Å²) in [5, 5.41) is 11.2. The summed E-state index contributed by atoms with van der Waals surface area (Å²) in [7, 11) is 1.94. The molecule has 0 spiro atoms. The van der Waals surface area contributed by atoms with Gasteiger partial charge in [-0.05, 0) is 30.7 Å². The van der Waals surface area contributed by atoms with E-state index < -0.39 is 0 Å². The molecule has 0 saturated heterocycles. The first-order valence-corrected chi connectivity index (χ1v) is 5.29. The van der Waals surface area contributed by atoms with Crippen molar-refractivity contribution in [3.05, 3.63) is 42.2 Å². The molecule has 5 nitrogen and oxygen atoms in total. The summed E-state index contributed by atoms with van der Waals surface area (Å²) >= 11 is 0. The van der Waals surface area contributed by atoms with Gasteiger partial charge in [-0.2, -0.15) is 0 Å². The zero-order valence-corrected chi connectivity index (χ0v) is 9.30. The molecule has 0 aliphatic rings. The van der Waals surface area contributed by atoms with Gasteiger partial charge in [0, 0.05) is 19.4 Å². The molecule has 0 atom stereocenters. The number of rotatable bonds is 5. The molecule has 0 saturated carbocycles. The van der Waals surface area contributed by atoms with E-state index in [-0.39, 0.29) is 0 Å². The fraction of sp³-hybridized carbons (Fsp3) is 0.364. The Bertz CT molecular complexity index is 423. The molecule has 0 bridgehead atoms. The first-order valence-electron chi connectivity index (χ1n) is 5.29. The van der Waals surface area contributed by atoms with Crippen LogP contribution in [0.2, 0.25) is 0 Å². The summed E-state index contributed by atoms with van der Waals surface area (Å²) < 4.78 is 1.92. The molecule has 0 aliphatic heterocycles. The van der Waals surface area contributed by atoms with Gasteiger partial charge >= 0.3 is 0 Å². The molecular formula is C11H15N5. The van der Waals surface area contributed by atoms with Crippen molar-refractivity contribution in [2.24, 2.45) is 7.05 Å². The Labute approximate surface area is 94.5 Å². The first kappa shape index (κ1) is 10.8. The summed E-state index contributed by atoms with van der Waals surface area (Å²) in [6, 6.07) is 4.06. The van der Waals surface area contributed by atoms with Gasteiger partial charge in [-0.3, -0.25) is 4.98 Å². The average molecular weight is 217 g/mol. The third-order valence-electron chi connectivity index (χ3n) is 2.43. The fourth-order valence-electron chi connectivity index (χ4n) is 1.45. The van der Waals surface area contributed by atoms with Gasteiger partial charge in [0.05, 0.1) is 6.54 Å². The van der Waals surface area contributed by atoms with Crippen molar-refractivity contribution in [3.63, 3.8) is 0 Å². The van der Waals surface area contributed by atoms with E-state index in [0.717, 1.165) is 25.3 Å². The van der Waals surface area contributed by atoms with E-state index in [0.29, 0.717) is 0 Å². The Hall–Kier alpha value is -1.75. The molecule has 2 heterocycles. The van der Waals surface area contributed by atoms with Gasteiger partial charge in [0.1, 0.15) is 12.2 Å². The van der Waals surface area contributed by atoms with Crippen LogP contribution in [0.1, 0.15) is 11.4 Å². The Kier molecular flexibility index (Phi) is 3.61. The van der Waals surface area contributed by atoms with Crippen molar-refractivity contribution in [1.82, 2.24) is 25.1 Å². The number of aromatic nitrogens is 4. The summed E-state index contributed by atoms with van der Waals surface area (Å²) in [6.45, 7) is 1.68. The lowest BCUT2D eigenvalue weighted by atomic mass is 10.2. The molecule has 2 aromatic rings. The highest BCUT2D eigenvalue weighted by atomic mass is 15.3. The molecule has 2 rings (SSSR count). The lowest BCUT2D eigenvalue weighted by molar-refractivity contribution is 0.636. The largest absolute Gasteiger partial charge is 0.320 e. The van der Waals surface area contributed by atoms with Crippen molar-refractivity contribution in [2.45, 2.75) is 13.0 Å². The maximum Gasteiger partial charge on any atom is 0.146 e. The molecule has 5 heteroatoms.